The van der Waals surface area contributed by atoms with Gasteiger partial charge in [0.1, 0.15) is 11.9 Å². The SMILES string of the molecule is CN1CCCCC1CC(Oc1cccc(SC(F)(F)F)c1)c1ccccc1. The molecule has 1 aliphatic rings. The largest absolute Gasteiger partial charge is 0.486 e. The molecule has 3 rings (SSSR count). The summed E-state index contributed by atoms with van der Waals surface area (Å²) in [6, 6.07) is 16.6. The van der Waals surface area contributed by atoms with Crippen LogP contribution in [0.25, 0.3) is 0 Å². The Morgan fingerprint density at radius 2 is 1.89 bits per heavy atom. The van der Waals surface area contributed by atoms with Crippen LogP contribution in [-0.2, 0) is 0 Å². The second-order valence-electron chi connectivity index (χ2n) is 6.91. The molecule has 2 atom stereocenters. The van der Waals surface area contributed by atoms with E-state index in [1.807, 2.05) is 30.3 Å². The summed E-state index contributed by atoms with van der Waals surface area (Å²) in [7, 11) is 2.13. The van der Waals surface area contributed by atoms with Crippen LogP contribution >= 0.6 is 11.8 Å². The first-order valence-corrected chi connectivity index (χ1v) is 10.00. The van der Waals surface area contributed by atoms with Crippen molar-refractivity contribution >= 4 is 11.8 Å². The number of hydrogen-bond acceptors (Lipinski definition) is 3. The van der Waals surface area contributed by atoms with Crippen molar-refractivity contribution in [2.45, 2.75) is 48.2 Å². The van der Waals surface area contributed by atoms with Crippen LogP contribution in [-0.4, -0.2) is 30.0 Å². The third-order valence-corrected chi connectivity index (χ3v) is 5.62. The fourth-order valence-corrected chi connectivity index (χ4v) is 4.11. The van der Waals surface area contributed by atoms with Crippen LogP contribution in [0.3, 0.4) is 0 Å². The Hall–Kier alpha value is -1.66. The Kier molecular flexibility index (Phi) is 6.71. The average Bonchev–Trinajstić information content (AvgIpc) is 2.62. The number of ether oxygens (including phenoxy) is 1. The van der Waals surface area contributed by atoms with E-state index in [1.54, 1.807) is 12.1 Å². The molecule has 0 aromatic heterocycles. The zero-order valence-electron chi connectivity index (χ0n) is 15.3. The summed E-state index contributed by atoms with van der Waals surface area (Å²) in [5, 5.41) is 0. The van der Waals surface area contributed by atoms with Gasteiger partial charge in [0.25, 0.3) is 0 Å². The van der Waals surface area contributed by atoms with Gasteiger partial charge in [0, 0.05) is 17.4 Å². The van der Waals surface area contributed by atoms with Gasteiger partial charge in [-0.2, -0.15) is 13.2 Å². The number of rotatable bonds is 6. The highest BCUT2D eigenvalue weighted by atomic mass is 32.2. The van der Waals surface area contributed by atoms with Crippen molar-refractivity contribution in [3.8, 4) is 5.75 Å². The maximum Gasteiger partial charge on any atom is 0.446 e. The molecule has 0 saturated carbocycles. The lowest BCUT2D eigenvalue weighted by atomic mass is 9.94. The zero-order valence-corrected chi connectivity index (χ0v) is 16.1. The van der Waals surface area contributed by atoms with Crippen molar-refractivity contribution in [1.82, 2.24) is 4.90 Å². The fourth-order valence-electron chi connectivity index (χ4n) is 3.52. The predicted molar refractivity (Wildman–Crippen MR) is 103 cm³/mol. The third kappa shape index (κ3) is 6.18. The molecule has 0 bridgehead atoms. The Morgan fingerprint density at radius 3 is 2.59 bits per heavy atom. The molecule has 0 spiro atoms. The molecule has 2 unspecified atom stereocenters. The van der Waals surface area contributed by atoms with Gasteiger partial charge < -0.3 is 9.64 Å². The fraction of sp³-hybridized carbons (Fsp3) is 0.429. The minimum atomic E-state index is -4.30. The maximum atomic E-state index is 12.7. The van der Waals surface area contributed by atoms with Crippen LogP contribution in [0.1, 0.15) is 37.4 Å². The molecule has 1 saturated heterocycles. The van der Waals surface area contributed by atoms with Gasteiger partial charge in [-0.3, -0.25) is 0 Å². The molecular weight excluding hydrogens is 371 g/mol. The van der Waals surface area contributed by atoms with E-state index in [2.05, 4.69) is 11.9 Å². The van der Waals surface area contributed by atoms with Crippen molar-refractivity contribution in [2.75, 3.05) is 13.6 Å². The second kappa shape index (κ2) is 9.02. The molecule has 6 heteroatoms. The predicted octanol–water partition coefficient (Wildman–Crippen LogP) is 6.29. The quantitative estimate of drug-likeness (QED) is 0.533. The Morgan fingerprint density at radius 1 is 1.11 bits per heavy atom. The molecule has 1 aliphatic heterocycles. The summed E-state index contributed by atoms with van der Waals surface area (Å²) < 4.78 is 44.2. The summed E-state index contributed by atoms with van der Waals surface area (Å²) in [5.41, 5.74) is -3.26. The molecule has 2 nitrogen and oxygen atoms in total. The van der Waals surface area contributed by atoms with E-state index in [-0.39, 0.29) is 22.8 Å². The van der Waals surface area contributed by atoms with Crippen LogP contribution < -0.4 is 4.74 Å². The first-order valence-electron chi connectivity index (χ1n) is 9.18. The smallest absolute Gasteiger partial charge is 0.446 e. The monoisotopic (exact) mass is 395 g/mol. The van der Waals surface area contributed by atoms with Crippen LogP contribution in [0.15, 0.2) is 59.5 Å². The van der Waals surface area contributed by atoms with E-state index >= 15 is 0 Å². The number of likely N-dealkylation sites (tertiary alicyclic amines) is 1. The number of alkyl halides is 3. The molecule has 1 fully saturated rings. The van der Waals surface area contributed by atoms with Gasteiger partial charge >= 0.3 is 5.51 Å². The number of thioether (sulfide) groups is 1. The van der Waals surface area contributed by atoms with Gasteiger partial charge in [0.15, 0.2) is 0 Å². The van der Waals surface area contributed by atoms with E-state index < -0.39 is 5.51 Å². The van der Waals surface area contributed by atoms with Gasteiger partial charge in [0.2, 0.25) is 0 Å². The Labute approximate surface area is 162 Å². The minimum absolute atomic E-state index is 0.114. The molecule has 2 aromatic rings. The van der Waals surface area contributed by atoms with Crippen LogP contribution in [0.4, 0.5) is 13.2 Å². The van der Waals surface area contributed by atoms with Gasteiger partial charge in [-0.1, -0.05) is 42.8 Å². The minimum Gasteiger partial charge on any atom is -0.486 e. The van der Waals surface area contributed by atoms with Gasteiger partial charge in [-0.15, -0.1) is 0 Å². The maximum absolute atomic E-state index is 12.7. The number of benzene rings is 2. The van der Waals surface area contributed by atoms with Crippen molar-refractivity contribution < 1.29 is 17.9 Å². The first-order chi connectivity index (χ1) is 12.9. The number of halogens is 3. The van der Waals surface area contributed by atoms with E-state index in [1.165, 1.54) is 25.0 Å². The van der Waals surface area contributed by atoms with E-state index in [0.717, 1.165) is 24.9 Å². The molecule has 1 heterocycles. The molecule has 27 heavy (non-hydrogen) atoms. The van der Waals surface area contributed by atoms with E-state index in [9.17, 15) is 13.2 Å². The van der Waals surface area contributed by atoms with Crippen molar-refractivity contribution in [3.05, 3.63) is 60.2 Å². The van der Waals surface area contributed by atoms with Gasteiger partial charge in [-0.05, 0) is 62.0 Å². The normalized spacial score (nSPS) is 19.6. The molecule has 146 valence electrons. The van der Waals surface area contributed by atoms with Gasteiger partial charge in [-0.25, -0.2) is 0 Å². The van der Waals surface area contributed by atoms with Gasteiger partial charge in [0.05, 0.1) is 0 Å². The van der Waals surface area contributed by atoms with Crippen LogP contribution in [0.2, 0.25) is 0 Å². The molecule has 2 aromatic carbocycles. The summed E-state index contributed by atoms with van der Waals surface area (Å²) in [6.45, 7) is 1.07. The molecule has 0 aliphatic carbocycles. The number of hydrogen-bond donors (Lipinski definition) is 0. The van der Waals surface area contributed by atoms with Crippen molar-refractivity contribution in [1.29, 1.82) is 0 Å². The van der Waals surface area contributed by atoms with Crippen LogP contribution in [0.5, 0.6) is 5.75 Å². The molecule has 0 radical (unpaired) electrons. The Balaban J connectivity index is 1.78. The highest BCUT2D eigenvalue weighted by Crippen LogP contribution is 2.39. The lowest BCUT2D eigenvalue weighted by Crippen LogP contribution is -2.37. The number of nitrogens with zero attached hydrogens (tertiary/aromatic N) is 1. The van der Waals surface area contributed by atoms with Crippen LogP contribution in [0, 0.1) is 0 Å². The second-order valence-corrected chi connectivity index (χ2v) is 8.04. The topological polar surface area (TPSA) is 12.5 Å². The Bertz CT molecular complexity index is 723. The third-order valence-electron chi connectivity index (χ3n) is 4.90. The standard InChI is InChI=1S/C21H24F3NOS/c1-25-13-6-5-10-17(25)14-20(16-8-3-2-4-9-16)26-18-11-7-12-19(15-18)27-21(22,23)24/h2-4,7-9,11-12,15,17,20H,5-6,10,13-14H2,1H3. The summed E-state index contributed by atoms with van der Waals surface area (Å²) in [4.78, 5) is 2.50. The van der Waals surface area contributed by atoms with E-state index in [4.69, 9.17) is 4.74 Å². The lowest BCUT2D eigenvalue weighted by Gasteiger charge is -2.35. The first kappa shape index (κ1) is 20.1. The zero-order chi connectivity index (χ0) is 19.3. The summed E-state index contributed by atoms with van der Waals surface area (Å²) in [5.74, 6) is 0.469. The summed E-state index contributed by atoms with van der Waals surface area (Å²) >= 11 is -0.114. The highest BCUT2D eigenvalue weighted by Gasteiger charge is 2.29. The number of piperidine rings is 1. The molecule has 0 N–H and O–H groups in total. The average molecular weight is 395 g/mol. The van der Waals surface area contributed by atoms with Crippen molar-refractivity contribution in [3.63, 3.8) is 0 Å². The molecule has 0 amide bonds. The van der Waals surface area contributed by atoms with E-state index in [0.29, 0.717) is 11.8 Å². The van der Waals surface area contributed by atoms with Crippen molar-refractivity contribution in [2.24, 2.45) is 0 Å². The highest BCUT2D eigenvalue weighted by molar-refractivity contribution is 8.00. The summed E-state index contributed by atoms with van der Waals surface area (Å²) in [6.07, 6.45) is 4.15. The molecular formula is C21H24F3NOS. The lowest BCUT2D eigenvalue weighted by molar-refractivity contribution is -0.0328.